The van der Waals surface area contributed by atoms with Crippen molar-refractivity contribution >= 4 is 12.6 Å². The van der Waals surface area contributed by atoms with Gasteiger partial charge in [-0.1, -0.05) is 0 Å². The molecule has 0 aromatic rings. The largest absolute Gasteiger partial charge is 0.709 e. The number of nitrogens with zero attached hydrogens (tertiary/aromatic N) is 1. The molecule has 0 aromatic carbocycles. The summed E-state index contributed by atoms with van der Waals surface area (Å²) in [5, 5.41) is 2.28. The van der Waals surface area contributed by atoms with Crippen LogP contribution >= 0.6 is 0 Å². The minimum absolute atomic E-state index is 0.199. The van der Waals surface area contributed by atoms with E-state index >= 15 is 0 Å². The molecule has 10 heavy (non-hydrogen) atoms. The minimum atomic E-state index is 0.199. The molecule has 0 bridgehead atoms. The van der Waals surface area contributed by atoms with Crippen LogP contribution in [-0.2, 0) is 12.6 Å². The predicted octanol–water partition coefficient (Wildman–Crippen LogP) is -1.73. The van der Waals surface area contributed by atoms with E-state index in [4.69, 9.17) is 12.6 Å². The Hall–Kier alpha value is 0.230. The van der Waals surface area contributed by atoms with E-state index in [2.05, 4.69) is 17.5 Å². The maximum Gasteiger partial charge on any atom is 0.155 e. The molecule has 0 saturated carbocycles. The molecule has 2 N–H and O–H groups in total. The third-order valence-electron chi connectivity index (χ3n) is 2.48. The lowest BCUT2D eigenvalue weighted by Crippen LogP contribution is -3.15. The quantitative estimate of drug-likeness (QED) is 0.410. The van der Waals surface area contributed by atoms with Crippen LogP contribution in [0, 0.1) is 0 Å². The second-order valence-corrected chi connectivity index (χ2v) is 3.58. The summed E-state index contributed by atoms with van der Waals surface area (Å²) in [6.07, 6.45) is 3.27. The molecule has 2 saturated heterocycles. The molecule has 2 fully saturated rings. The fourth-order valence-electron chi connectivity index (χ4n) is 1.82. The van der Waals surface area contributed by atoms with E-state index in [9.17, 15) is 0 Å². The Kier molecular flexibility index (Phi) is 1.64. The molecule has 3 nitrogen and oxygen atoms in total. The van der Waals surface area contributed by atoms with Crippen molar-refractivity contribution in [3.63, 3.8) is 0 Å². The molecular weight excluding hydrogens is 146 g/mol. The second-order valence-electron chi connectivity index (χ2n) is 3.10. The summed E-state index contributed by atoms with van der Waals surface area (Å²) in [6.45, 7) is 1.18. The van der Waals surface area contributed by atoms with Crippen LogP contribution in [-0.4, -0.2) is 30.3 Å². The predicted molar refractivity (Wildman–Crippen MR) is 40.9 cm³/mol. The van der Waals surface area contributed by atoms with E-state index in [-0.39, 0.29) is 5.50 Å². The number of rotatable bonds is 0. The summed E-state index contributed by atoms with van der Waals surface area (Å²) in [5.74, 6) is 0. The molecule has 2 rings (SSSR count). The van der Waals surface area contributed by atoms with Crippen LogP contribution in [0.5, 0.6) is 0 Å². The van der Waals surface area contributed by atoms with Gasteiger partial charge in [-0.2, -0.15) is 5.01 Å². The third-order valence-corrected chi connectivity index (χ3v) is 2.95. The van der Waals surface area contributed by atoms with E-state index in [1.807, 2.05) is 0 Å². The molecule has 0 amide bonds. The summed E-state index contributed by atoms with van der Waals surface area (Å²) in [4.78, 5) is 1.44. The van der Waals surface area contributed by atoms with Gasteiger partial charge in [-0.15, -0.1) is 0 Å². The number of nitrogens with one attached hydrogen (secondary N) is 2. The lowest BCUT2D eigenvalue weighted by atomic mass is 10.3. The lowest BCUT2D eigenvalue weighted by Gasteiger charge is -2.23. The summed E-state index contributed by atoms with van der Waals surface area (Å²) in [6, 6.07) is 0. The van der Waals surface area contributed by atoms with Gasteiger partial charge in [0.1, 0.15) is 0 Å². The van der Waals surface area contributed by atoms with Crippen molar-refractivity contribution in [1.82, 2.24) is 10.4 Å². The van der Waals surface area contributed by atoms with Crippen LogP contribution < -0.4 is 10.3 Å². The lowest BCUT2D eigenvalue weighted by molar-refractivity contribution is -0.908. The first-order valence-corrected chi connectivity index (χ1v) is 4.28. The Morgan fingerprint density at radius 2 is 2.50 bits per heavy atom. The highest BCUT2D eigenvalue weighted by atomic mass is 32.1. The highest BCUT2D eigenvalue weighted by molar-refractivity contribution is 7.59. The van der Waals surface area contributed by atoms with Crippen molar-refractivity contribution in [3.8, 4) is 0 Å². The highest BCUT2D eigenvalue weighted by Crippen LogP contribution is 2.12. The van der Waals surface area contributed by atoms with Crippen LogP contribution in [0.25, 0.3) is 0 Å². The summed E-state index contributed by atoms with van der Waals surface area (Å²) >= 11 is 5.19. The van der Waals surface area contributed by atoms with Crippen molar-refractivity contribution in [1.29, 1.82) is 0 Å². The normalized spacial score (nSPS) is 48.0. The first-order chi connectivity index (χ1) is 4.79. The maximum atomic E-state index is 5.19. The van der Waals surface area contributed by atoms with Crippen molar-refractivity contribution in [3.05, 3.63) is 0 Å². The Morgan fingerprint density at radius 1 is 1.70 bits per heavy atom. The van der Waals surface area contributed by atoms with Crippen molar-refractivity contribution < 1.29 is 4.90 Å². The number of hydrogen-bond donors (Lipinski definition) is 2. The average Bonchev–Trinajstić information content (AvgIpc) is 2.41. The zero-order chi connectivity index (χ0) is 7.14. The van der Waals surface area contributed by atoms with E-state index in [0.717, 1.165) is 0 Å². The number of fused-ring (bicyclic) bond motifs is 1. The fourth-order valence-corrected chi connectivity index (χ4v) is 2.11. The van der Waals surface area contributed by atoms with Gasteiger partial charge >= 0.3 is 0 Å². The SMILES string of the molecule is C[NH+]1C([S-])NN2CCCC21. The molecule has 3 unspecified atom stereocenters. The van der Waals surface area contributed by atoms with Crippen LogP contribution in [0.1, 0.15) is 12.8 Å². The zero-order valence-electron chi connectivity index (χ0n) is 6.13. The molecule has 2 aliphatic heterocycles. The van der Waals surface area contributed by atoms with Crippen molar-refractivity contribution in [2.45, 2.75) is 24.5 Å². The number of hydrogen-bond acceptors (Lipinski definition) is 3. The van der Waals surface area contributed by atoms with Crippen LogP contribution in [0.15, 0.2) is 0 Å². The van der Waals surface area contributed by atoms with E-state index < -0.39 is 0 Å². The van der Waals surface area contributed by atoms with Gasteiger partial charge in [0.15, 0.2) is 6.17 Å². The van der Waals surface area contributed by atoms with Gasteiger partial charge in [-0.05, 0) is 6.42 Å². The Morgan fingerprint density at radius 3 is 3.20 bits per heavy atom. The number of quaternary nitrogens is 1. The first-order valence-electron chi connectivity index (χ1n) is 3.81. The Labute approximate surface area is 66.7 Å². The van der Waals surface area contributed by atoms with Gasteiger partial charge in [0.2, 0.25) is 0 Å². The number of hydrazine groups is 1. The molecule has 58 valence electrons. The molecule has 2 aliphatic rings. The van der Waals surface area contributed by atoms with E-state index in [0.29, 0.717) is 6.17 Å². The Balaban J connectivity index is 2.09. The Bertz CT molecular complexity index is 139. The fraction of sp³-hybridized carbons (Fsp3) is 1.00. The van der Waals surface area contributed by atoms with E-state index in [1.54, 1.807) is 0 Å². The van der Waals surface area contributed by atoms with Crippen molar-refractivity contribution in [2.75, 3.05) is 13.6 Å². The molecule has 0 spiro atoms. The molecule has 0 radical (unpaired) electrons. The smallest absolute Gasteiger partial charge is 0.155 e. The van der Waals surface area contributed by atoms with Crippen LogP contribution in [0.3, 0.4) is 0 Å². The van der Waals surface area contributed by atoms with Gasteiger partial charge in [-0.25, -0.2) is 5.43 Å². The molecule has 0 aliphatic carbocycles. The zero-order valence-corrected chi connectivity index (χ0v) is 6.95. The van der Waals surface area contributed by atoms with Gasteiger partial charge in [0.05, 0.1) is 7.05 Å². The summed E-state index contributed by atoms with van der Waals surface area (Å²) in [7, 11) is 2.17. The monoisotopic (exact) mass is 159 g/mol. The molecular formula is C6H13N3S. The van der Waals surface area contributed by atoms with Crippen LogP contribution in [0.2, 0.25) is 0 Å². The molecule has 4 heteroatoms. The first kappa shape index (κ1) is 6.91. The van der Waals surface area contributed by atoms with Crippen LogP contribution in [0.4, 0.5) is 0 Å². The topological polar surface area (TPSA) is 19.7 Å². The van der Waals surface area contributed by atoms with Gasteiger partial charge in [-0.3, -0.25) is 0 Å². The molecule has 3 atom stereocenters. The summed E-state index contributed by atoms with van der Waals surface area (Å²) in [5.41, 5.74) is 3.48. The van der Waals surface area contributed by atoms with Gasteiger partial charge < -0.3 is 17.5 Å². The van der Waals surface area contributed by atoms with Crippen molar-refractivity contribution in [2.24, 2.45) is 0 Å². The van der Waals surface area contributed by atoms with E-state index in [1.165, 1.54) is 24.3 Å². The maximum absolute atomic E-state index is 5.19. The van der Waals surface area contributed by atoms with Gasteiger partial charge in [0.25, 0.3) is 0 Å². The van der Waals surface area contributed by atoms with Gasteiger partial charge in [0, 0.05) is 18.5 Å². The standard InChI is InChI=1S/C6H13N3S/c1-8-5-3-2-4-9(5)7-6(8)10/h5-7,10H,2-4H2,1H3. The second kappa shape index (κ2) is 2.37. The average molecular weight is 159 g/mol. The third kappa shape index (κ3) is 0.871. The summed E-state index contributed by atoms with van der Waals surface area (Å²) < 4.78 is 0. The minimum Gasteiger partial charge on any atom is -0.709 e. The molecule has 0 aromatic heterocycles. The highest BCUT2D eigenvalue weighted by Gasteiger charge is 2.37. The molecule has 2 heterocycles.